The zero-order valence-corrected chi connectivity index (χ0v) is 29.8. The van der Waals surface area contributed by atoms with Crippen LogP contribution in [0.25, 0.3) is 53.2 Å². The van der Waals surface area contributed by atoms with Crippen LogP contribution in [0, 0.1) is 0 Å². The molecule has 10 rings (SSSR count). The number of rotatable bonds is 6. The van der Waals surface area contributed by atoms with Crippen LogP contribution in [0.15, 0.2) is 176 Å². The summed E-state index contributed by atoms with van der Waals surface area (Å²) in [7, 11) is 0. The number of thiophene rings is 1. The first-order valence-electron chi connectivity index (χ1n) is 17.8. The van der Waals surface area contributed by atoms with Crippen molar-refractivity contribution in [2.75, 3.05) is 4.90 Å². The molecule has 0 N–H and O–H groups in total. The van der Waals surface area contributed by atoms with Gasteiger partial charge < -0.3 is 9.64 Å². The van der Waals surface area contributed by atoms with Crippen molar-refractivity contribution in [1.82, 2.24) is 0 Å². The SMILES string of the molecule is CC1(C)c2cccc(-c3ccccc3)c2-c2c(Oc3cccc(N(c4ccccc4)c4ccc5sc6ccccc6c5c4)c3)cc3ccccc3c21. The first kappa shape index (κ1) is 30.6. The van der Waals surface area contributed by atoms with Crippen LogP contribution in [0.4, 0.5) is 17.1 Å². The highest BCUT2D eigenvalue weighted by molar-refractivity contribution is 7.25. The molecular formula is C49H35NOS. The molecule has 8 aromatic carbocycles. The van der Waals surface area contributed by atoms with Crippen molar-refractivity contribution in [1.29, 1.82) is 0 Å². The van der Waals surface area contributed by atoms with E-state index in [4.69, 9.17) is 4.74 Å². The minimum Gasteiger partial charge on any atom is -0.457 e. The Morgan fingerprint density at radius 2 is 1.17 bits per heavy atom. The first-order chi connectivity index (χ1) is 25.5. The summed E-state index contributed by atoms with van der Waals surface area (Å²) in [5, 5.41) is 5.01. The number of anilines is 3. The van der Waals surface area contributed by atoms with Gasteiger partial charge in [0.1, 0.15) is 11.5 Å². The second-order valence-corrected chi connectivity index (χ2v) is 15.2. The summed E-state index contributed by atoms with van der Waals surface area (Å²) in [6.45, 7) is 4.71. The fraction of sp³-hybridized carbons (Fsp3) is 0.0612. The number of hydrogen-bond acceptors (Lipinski definition) is 3. The summed E-state index contributed by atoms with van der Waals surface area (Å²) in [6.07, 6.45) is 0. The molecule has 0 fully saturated rings. The van der Waals surface area contributed by atoms with Crippen molar-refractivity contribution in [3.63, 3.8) is 0 Å². The van der Waals surface area contributed by atoms with Crippen LogP contribution in [0.5, 0.6) is 11.5 Å². The number of fused-ring (bicyclic) bond motifs is 8. The van der Waals surface area contributed by atoms with Crippen molar-refractivity contribution < 1.29 is 4.74 Å². The van der Waals surface area contributed by atoms with E-state index in [1.807, 2.05) is 11.3 Å². The standard InChI is InChI=1S/C49H35NOS/c1-49(2)42-25-14-24-38(32-15-5-3-6-16-32)46(42)47-43(29-33-17-9-10-22-39(33)48(47)49)51-37-21-13-20-35(30-37)50(34-18-7-4-8-19-34)36-27-28-45-41(31-36)40-23-11-12-26-44(40)52-45/h3-31H,1-2H3. The van der Waals surface area contributed by atoms with E-state index in [1.165, 1.54) is 64.3 Å². The fourth-order valence-corrected chi connectivity index (χ4v) is 9.41. The molecule has 0 aliphatic heterocycles. The van der Waals surface area contributed by atoms with Gasteiger partial charge in [-0.15, -0.1) is 11.3 Å². The summed E-state index contributed by atoms with van der Waals surface area (Å²) in [5.74, 6) is 1.67. The molecule has 9 aromatic rings. The molecule has 52 heavy (non-hydrogen) atoms. The van der Waals surface area contributed by atoms with Crippen LogP contribution in [0.2, 0.25) is 0 Å². The zero-order chi connectivity index (χ0) is 34.8. The molecule has 0 atom stereocenters. The lowest BCUT2D eigenvalue weighted by Gasteiger charge is -2.26. The maximum absolute atomic E-state index is 7.12. The van der Waals surface area contributed by atoms with Crippen LogP contribution in [0.3, 0.4) is 0 Å². The molecule has 0 saturated carbocycles. The van der Waals surface area contributed by atoms with Gasteiger partial charge >= 0.3 is 0 Å². The highest BCUT2D eigenvalue weighted by Gasteiger charge is 2.40. The molecule has 0 amide bonds. The smallest absolute Gasteiger partial charge is 0.136 e. The maximum atomic E-state index is 7.12. The van der Waals surface area contributed by atoms with Gasteiger partial charge in [0.25, 0.3) is 0 Å². The van der Waals surface area contributed by atoms with Crippen molar-refractivity contribution in [3.8, 4) is 33.8 Å². The minimum atomic E-state index is -0.217. The Hall–Kier alpha value is -6.16. The van der Waals surface area contributed by atoms with Crippen molar-refractivity contribution in [3.05, 3.63) is 187 Å². The molecule has 0 radical (unpaired) electrons. The molecule has 0 bridgehead atoms. The maximum Gasteiger partial charge on any atom is 0.136 e. The summed E-state index contributed by atoms with van der Waals surface area (Å²) < 4.78 is 9.72. The number of hydrogen-bond donors (Lipinski definition) is 0. The van der Waals surface area contributed by atoms with Crippen LogP contribution < -0.4 is 9.64 Å². The van der Waals surface area contributed by atoms with E-state index in [2.05, 4.69) is 195 Å². The molecule has 1 heterocycles. The third-order valence-corrected chi connectivity index (χ3v) is 11.8. The highest BCUT2D eigenvalue weighted by atomic mass is 32.1. The highest BCUT2D eigenvalue weighted by Crippen LogP contribution is 2.58. The number of para-hydroxylation sites is 1. The molecule has 2 nitrogen and oxygen atoms in total. The molecule has 0 saturated heterocycles. The predicted molar refractivity (Wildman–Crippen MR) is 221 cm³/mol. The minimum absolute atomic E-state index is 0.217. The Labute approximate surface area is 307 Å². The second kappa shape index (κ2) is 12.0. The molecule has 3 heteroatoms. The van der Waals surface area contributed by atoms with Crippen LogP contribution in [0.1, 0.15) is 25.0 Å². The van der Waals surface area contributed by atoms with E-state index in [0.717, 1.165) is 28.6 Å². The quantitative estimate of drug-likeness (QED) is 0.173. The Bertz CT molecular complexity index is 2800. The van der Waals surface area contributed by atoms with Gasteiger partial charge in [-0.05, 0) is 93.2 Å². The van der Waals surface area contributed by atoms with Gasteiger partial charge in [0.2, 0.25) is 0 Å². The van der Waals surface area contributed by atoms with Crippen molar-refractivity contribution >= 4 is 59.3 Å². The average Bonchev–Trinajstić information content (AvgIpc) is 3.68. The van der Waals surface area contributed by atoms with Gasteiger partial charge in [0.15, 0.2) is 0 Å². The molecule has 248 valence electrons. The Kier molecular flexibility index (Phi) is 7.06. The van der Waals surface area contributed by atoms with Gasteiger partial charge in [0.05, 0.1) is 0 Å². The van der Waals surface area contributed by atoms with E-state index in [0.29, 0.717) is 0 Å². The summed E-state index contributed by atoms with van der Waals surface area (Å²) in [5.41, 5.74) is 10.5. The largest absolute Gasteiger partial charge is 0.457 e. The molecule has 1 aliphatic rings. The van der Waals surface area contributed by atoms with Gasteiger partial charge in [-0.3, -0.25) is 0 Å². The van der Waals surface area contributed by atoms with Crippen LogP contribution in [-0.2, 0) is 5.41 Å². The fourth-order valence-electron chi connectivity index (χ4n) is 8.33. The lowest BCUT2D eigenvalue weighted by Crippen LogP contribution is -2.15. The van der Waals surface area contributed by atoms with Crippen LogP contribution in [-0.4, -0.2) is 0 Å². The van der Waals surface area contributed by atoms with Gasteiger partial charge in [-0.25, -0.2) is 0 Å². The van der Waals surface area contributed by atoms with Gasteiger partial charge in [0, 0.05) is 54.3 Å². The summed E-state index contributed by atoms with van der Waals surface area (Å²) >= 11 is 1.84. The second-order valence-electron chi connectivity index (χ2n) is 14.1. The lowest BCUT2D eigenvalue weighted by molar-refractivity contribution is 0.484. The topological polar surface area (TPSA) is 12.5 Å². The summed E-state index contributed by atoms with van der Waals surface area (Å²) in [4.78, 5) is 2.33. The monoisotopic (exact) mass is 685 g/mol. The van der Waals surface area contributed by atoms with E-state index < -0.39 is 0 Å². The molecule has 1 aliphatic carbocycles. The Balaban J connectivity index is 1.14. The third-order valence-electron chi connectivity index (χ3n) is 10.6. The molecule has 0 unspecified atom stereocenters. The van der Waals surface area contributed by atoms with E-state index >= 15 is 0 Å². The van der Waals surface area contributed by atoms with Crippen LogP contribution >= 0.6 is 11.3 Å². The number of nitrogens with zero attached hydrogens (tertiary/aromatic N) is 1. The number of ether oxygens (including phenoxy) is 1. The van der Waals surface area contributed by atoms with Gasteiger partial charge in [-0.2, -0.15) is 0 Å². The Morgan fingerprint density at radius 1 is 0.500 bits per heavy atom. The average molecular weight is 686 g/mol. The Morgan fingerprint density at radius 3 is 2.02 bits per heavy atom. The van der Waals surface area contributed by atoms with E-state index in [9.17, 15) is 0 Å². The molecule has 1 aromatic heterocycles. The lowest BCUT2D eigenvalue weighted by atomic mass is 9.80. The predicted octanol–water partition coefficient (Wildman–Crippen LogP) is 14.4. The number of benzene rings is 8. The third kappa shape index (κ3) is 4.85. The molecular weight excluding hydrogens is 651 g/mol. The van der Waals surface area contributed by atoms with Gasteiger partial charge in [-0.1, -0.05) is 129 Å². The zero-order valence-electron chi connectivity index (χ0n) is 29.0. The summed E-state index contributed by atoms with van der Waals surface area (Å²) in [6, 6.07) is 63.1. The van der Waals surface area contributed by atoms with E-state index in [-0.39, 0.29) is 5.41 Å². The molecule has 0 spiro atoms. The first-order valence-corrected chi connectivity index (χ1v) is 18.7. The normalized spacial score (nSPS) is 13.0. The van der Waals surface area contributed by atoms with Crippen molar-refractivity contribution in [2.24, 2.45) is 0 Å². The van der Waals surface area contributed by atoms with E-state index in [1.54, 1.807) is 0 Å². The van der Waals surface area contributed by atoms with Crippen molar-refractivity contribution in [2.45, 2.75) is 19.3 Å².